The first-order valence-electron chi connectivity index (χ1n) is 9.09. The first-order chi connectivity index (χ1) is 12.5. The van der Waals surface area contributed by atoms with Crippen LogP contribution in [-0.4, -0.2) is 55.7 Å². The van der Waals surface area contributed by atoms with Gasteiger partial charge in [0.05, 0.1) is 6.33 Å². The molecule has 142 valence electrons. The van der Waals surface area contributed by atoms with Crippen molar-refractivity contribution in [2.24, 2.45) is 14.1 Å². The van der Waals surface area contributed by atoms with Crippen molar-refractivity contribution in [3.8, 4) is 0 Å². The van der Waals surface area contributed by atoms with Crippen LogP contribution in [0.3, 0.4) is 0 Å². The van der Waals surface area contributed by atoms with E-state index in [1.807, 2.05) is 0 Å². The number of carbonyl (C=O) groups excluding carboxylic acids is 1. The molecule has 9 heteroatoms. The summed E-state index contributed by atoms with van der Waals surface area (Å²) in [5.74, 6) is -0.333. The zero-order valence-electron chi connectivity index (χ0n) is 15.4. The third kappa shape index (κ3) is 3.72. The fourth-order valence-electron chi connectivity index (χ4n) is 3.45. The summed E-state index contributed by atoms with van der Waals surface area (Å²) in [6.07, 6.45) is 6.42. The van der Waals surface area contributed by atoms with E-state index in [0.29, 0.717) is 17.7 Å². The van der Waals surface area contributed by atoms with Gasteiger partial charge in [0.25, 0.3) is 5.56 Å². The van der Waals surface area contributed by atoms with Crippen LogP contribution in [0.25, 0.3) is 11.2 Å². The molecule has 2 aromatic heterocycles. The van der Waals surface area contributed by atoms with E-state index < -0.39 is 11.2 Å². The SMILES string of the molecule is Cn1cnc2c1c(=O)n(CC(=O)NCCN1CCCCCC1)c(=O)n2C. The Labute approximate surface area is 151 Å². The van der Waals surface area contributed by atoms with Crippen LogP contribution < -0.4 is 16.6 Å². The number of imidazole rings is 1. The lowest BCUT2D eigenvalue weighted by Crippen LogP contribution is -2.44. The highest BCUT2D eigenvalue weighted by Crippen LogP contribution is 2.08. The van der Waals surface area contributed by atoms with Crippen molar-refractivity contribution in [1.29, 1.82) is 0 Å². The molecular weight excluding hydrogens is 336 g/mol. The molecule has 1 amide bonds. The zero-order chi connectivity index (χ0) is 18.7. The summed E-state index contributed by atoms with van der Waals surface area (Å²) >= 11 is 0. The Morgan fingerprint density at radius 3 is 2.54 bits per heavy atom. The van der Waals surface area contributed by atoms with Crippen LogP contribution >= 0.6 is 0 Å². The molecule has 1 fully saturated rings. The van der Waals surface area contributed by atoms with E-state index in [-0.39, 0.29) is 12.5 Å². The van der Waals surface area contributed by atoms with E-state index in [0.717, 1.165) is 24.2 Å². The molecular formula is C17H26N6O3. The van der Waals surface area contributed by atoms with Gasteiger partial charge in [-0.2, -0.15) is 0 Å². The molecule has 0 radical (unpaired) electrons. The molecule has 0 aliphatic carbocycles. The monoisotopic (exact) mass is 362 g/mol. The van der Waals surface area contributed by atoms with Gasteiger partial charge in [0.15, 0.2) is 11.2 Å². The lowest BCUT2D eigenvalue weighted by atomic mass is 10.2. The summed E-state index contributed by atoms with van der Waals surface area (Å²) in [7, 11) is 3.23. The average Bonchev–Trinajstić information content (AvgIpc) is 2.82. The molecule has 2 aromatic rings. The van der Waals surface area contributed by atoms with E-state index in [1.54, 1.807) is 18.7 Å². The van der Waals surface area contributed by atoms with Crippen LogP contribution in [0.2, 0.25) is 0 Å². The fraction of sp³-hybridized carbons (Fsp3) is 0.647. The fourth-order valence-corrected chi connectivity index (χ4v) is 3.45. The summed E-state index contributed by atoms with van der Waals surface area (Å²) in [6.45, 7) is 3.15. The van der Waals surface area contributed by atoms with Gasteiger partial charge >= 0.3 is 5.69 Å². The van der Waals surface area contributed by atoms with Gasteiger partial charge in [0.1, 0.15) is 6.54 Å². The van der Waals surface area contributed by atoms with Crippen molar-refractivity contribution >= 4 is 17.1 Å². The molecule has 1 N–H and O–H groups in total. The van der Waals surface area contributed by atoms with Crippen molar-refractivity contribution in [1.82, 2.24) is 28.9 Å². The summed E-state index contributed by atoms with van der Waals surface area (Å²) in [6, 6.07) is 0. The number of likely N-dealkylation sites (tertiary alicyclic amines) is 1. The van der Waals surface area contributed by atoms with Gasteiger partial charge in [-0.1, -0.05) is 12.8 Å². The number of nitrogens with one attached hydrogen (secondary N) is 1. The second-order valence-corrected chi connectivity index (χ2v) is 6.87. The number of carbonyl (C=O) groups is 1. The van der Waals surface area contributed by atoms with Gasteiger partial charge in [0, 0.05) is 27.2 Å². The third-order valence-corrected chi connectivity index (χ3v) is 4.95. The van der Waals surface area contributed by atoms with E-state index in [9.17, 15) is 14.4 Å². The smallest absolute Gasteiger partial charge is 0.332 e. The largest absolute Gasteiger partial charge is 0.353 e. The summed E-state index contributed by atoms with van der Waals surface area (Å²) in [5.41, 5.74) is -0.403. The maximum atomic E-state index is 12.6. The molecule has 0 atom stereocenters. The number of nitrogens with zero attached hydrogens (tertiary/aromatic N) is 5. The van der Waals surface area contributed by atoms with Crippen molar-refractivity contribution in [2.45, 2.75) is 32.2 Å². The third-order valence-electron chi connectivity index (χ3n) is 4.95. The van der Waals surface area contributed by atoms with Gasteiger partial charge in [-0.25, -0.2) is 14.3 Å². The summed E-state index contributed by atoms with van der Waals surface area (Å²) < 4.78 is 3.82. The van der Waals surface area contributed by atoms with Crippen LogP contribution in [0.4, 0.5) is 0 Å². The molecule has 9 nitrogen and oxygen atoms in total. The first kappa shape index (κ1) is 18.4. The van der Waals surface area contributed by atoms with Crippen LogP contribution in [-0.2, 0) is 25.4 Å². The molecule has 3 rings (SSSR count). The molecule has 0 spiro atoms. The van der Waals surface area contributed by atoms with Crippen molar-refractivity contribution in [3.63, 3.8) is 0 Å². The molecule has 0 unspecified atom stereocenters. The highest BCUT2D eigenvalue weighted by Gasteiger charge is 2.17. The Bertz CT molecular complexity index is 902. The molecule has 1 saturated heterocycles. The molecule has 0 bridgehead atoms. The van der Waals surface area contributed by atoms with Crippen LogP contribution in [0.5, 0.6) is 0 Å². The van der Waals surface area contributed by atoms with E-state index in [1.165, 1.54) is 36.6 Å². The van der Waals surface area contributed by atoms with Gasteiger partial charge in [0.2, 0.25) is 5.91 Å². The number of aryl methyl sites for hydroxylation is 2. The Balaban J connectivity index is 1.66. The van der Waals surface area contributed by atoms with Gasteiger partial charge in [-0.15, -0.1) is 0 Å². The quantitative estimate of drug-likeness (QED) is 0.768. The predicted molar refractivity (Wildman–Crippen MR) is 98.1 cm³/mol. The van der Waals surface area contributed by atoms with Crippen molar-refractivity contribution < 1.29 is 4.79 Å². The number of hydrogen-bond acceptors (Lipinski definition) is 5. The molecule has 1 aliphatic heterocycles. The minimum Gasteiger partial charge on any atom is -0.353 e. The van der Waals surface area contributed by atoms with Gasteiger partial charge < -0.3 is 14.8 Å². The van der Waals surface area contributed by atoms with E-state index in [4.69, 9.17) is 0 Å². The summed E-state index contributed by atoms with van der Waals surface area (Å²) in [4.78, 5) is 43.6. The number of rotatable bonds is 5. The minimum absolute atomic E-state index is 0.285. The predicted octanol–water partition coefficient (Wildman–Crippen LogP) is -0.574. The molecule has 26 heavy (non-hydrogen) atoms. The number of amides is 1. The molecule has 1 aliphatic rings. The Kier molecular flexibility index (Phi) is 5.55. The topological polar surface area (TPSA) is 94.2 Å². The Hall–Kier alpha value is -2.42. The maximum absolute atomic E-state index is 12.6. The average molecular weight is 362 g/mol. The number of hydrogen-bond donors (Lipinski definition) is 1. The minimum atomic E-state index is -0.538. The second-order valence-electron chi connectivity index (χ2n) is 6.87. The van der Waals surface area contributed by atoms with Crippen LogP contribution in [0.1, 0.15) is 25.7 Å². The molecule has 0 aromatic carbocycles. The second kappa shape index (κ2) is 7.86. The van der Waals surface area contributed by atoms with E-state index >= 15 is 0 Å². The summed E-state index contributed by atoms with van der Waals surface area (Å²) in [5, 5.41) is 2.82. The standard InChI is InChI=1S/C17H26N6O3/c1-20-12-19-15-14(20)16(25)23(17(26)21(15)2)11-13(24)18-7-10-22-8-5-3-4-6-9-22/h12H,3-11H2,1-2H3,(H,18,24). The highest BCUT2D eigenvalue weighted by molar-refractivity contribution is 5.76. The van der Waals surface area contributed by atoms with Gasteiger partial charge in [-0.3, -0.25) is 14.2 Å². The normalized spacial score (nSPS) is 15.9. The lowest BCUT2D eigenvalue weighted by molar-refractivity contribution is -0.121. The molecule has 3 heterocycles. The lowest BCUT2D eigenvalue weighted by Gasteiger charge is -2.19. The Morgan fingerprint density at radius 1 is 1.15 bits per heavy atom. The van der Waals surface area contributed by atoms with Crippen LogP contribution in [0, 0.1) is 0 Å². The highest BCUT2D eigenvalue weighted by atomic mass is 16.2. The van der Waals surface area contributed by atoms with Crippen LogP contribution in [0.15, 0.2) is 15.9 Å². The zero-order valence-corrected chi connectivity index (χ0v) is 15.4. The van der Waals surface area contributed by atoms with Crippen molar-refractivity contribution in [2.75, 3.05) is 26.2 Å². The molecule has 0 saturated carbocycles. The number of aromatic nitrogens is 4. The Morgan fingerprint density at radius 2 is 1.85 bits per heavy atom. The van der Waals surface area contributed by atoms with Gasteiger partial charge in [-0.05, 0) is 25.9 Å². The maximum Gasteiger partial charge on any atom is 0.332 e. The van der Waals surface area contributed by atoms with E-state index in [2.05, 4.69) is 15.2 Å². The first-order valence-corrected chi connectivity index (χ1v) is 9.09. The van der Waals surface area contributed by atoms with Crippen molar-refractivity contribution in [3.05, 3.63) is 27.2 Å². The number of fused-ring (bicyclic) bond motifs is 1.